The van der Waals surface area contributed by atoms with E-state index in [1.165, 1.54) is 20.2 Å². The number of rotatable bonds is 7. The van der Waals surface area contributed by atoms with Gasteiger partial charge in [0.2, 0.25) is 5.95 Å². The van der Waals surface area contributed by atoms with E-state index >= 15 is 0 Å². The number of hydrogen-bond acceptors (Lipinski definition) is 7. The minimum Gasteiger partial charge on any atom is -0.475 e. The average Bonchev–Trinajstić information content (AvgIpc) is 3.18. The van der Waals surface area contributed by atoms with Crippen molar-refractivity contribution < 1.29 is 18.8 Å². The molecule has 0 radical (unpaired) electrons. The predicted octanol–water partition coefficient (Wildman–Crippen LogP) is 0.867. The number of carbonyl (C=O) groups is 1. The van der Waals surface area contributed by atoms with Crippen molar-refractivity contribution in [2.24, 2.45) is 5.10 Å². The number of halogens is 1. The largest absolute Gasteiger partial charge is 0.475 e. The number of amides is 1. The Kier molecular flexibility index (Phi) is 5.41. The molecular weight excluding hydrogens is 337 g/mol. The molecule has 2 aromatic rings. The topological polar surface area (TPSA) is 129 Å². The predicted molar refractivity (Wildman–Crippen MR) is 83.7 cm³/mol. The molecule has 2 heterocycles. The summed E-state index contributed by atoms with van der Waals surface area (Å²) in [5.41, 5.74) is 1.97. The molecule has 0 fully saturated rings. The summed E-state index contributed by atoms with van der Waals surface area (Å²) in [6.07, 6.45) is 3.47. The summed E-state index contributed by atoms with van der Waals surface area (Å²) in [7, 11) is 1.24. The van der Waals surface area contributed by atoms with E-state index in [1.54, 1.807) is 6.92 Å². The van der Waals surface area contributed by atoms with Crippen molar-refractivity contribution in [3.8, 4) is 5.88 Å². The first-order chi connectivity index (χ1) is 11.9. The van der Waals surface area contributed by atoms with Gasteiger partial charge in [-0.15, -0.1) is 5.10 Å². The van der Waals surface area contributed by atoms with Crippen LogP contribution in [0.4, 0.5) is 10.1 Å². The summed E-state index contributed by atoms with van der Waals surface area (Å²) in [5, 5.41) is 22.2. The Labute approximate surface area is 141 Å². The second kappa shape index (κ2) is 7.51. The highest BCUT2D eigenvalue weighted by atomic mass is 19.1. The zero-order chi connectivity index (χ0) is 18.6. The van der Waals surface area contributed by atoms with Crippen LogP contribution in [0.5, 0.6) is 5.88 Å². The van der Waals surface area contributed by atoms with Crippen molar-refractivity contribution in [1.29, 1.82) is 0 Å². The fourth-order valence-corrected chi connectivity index (χ4v) is 1.91. The van der Waals surface area contributed by atoms with Gasteiger partial charge in [0.1, 0.15) is 12.2 Å². The number of carbonyl (C=O) groups excluding carboxylic acids is 1. The van der Waals surface area contributed by atoms with E-state index in [2.05, 4.69) is 20.7 Å². The third kappa shape index (κ3) is 3.79. The molecule has 1 N–H and O–H groups in total. The maximum atomic E-state index is 13.7. The number of ether oxygens (including phenoxy) is 1. The molecule has 0 aliphatic heterocycles. The molecule has 0 saturated carbocycles. The molecule has 0 bridgehead atoms. The Balaban J connectivity index is 2.06. The maximum absolute atomic E-state index is 13.7. The molecule has 0 unspecified atom stereocenters. The molecule has 12 heteroatoms. The number of nitrogens with one attached hydrogen (secondary N) is 1. The number of nitrogens with zero attached hydrogens (tertiary/aromatic N) is 6. The van der Waals surface area contributed by atoms with Gasteiger partial charge in [-0.25, -0.2) is 14.8 Å². The van der Waals surface area contributed by atoms with Crippen molar-refractivity contribution in [2.45, 2.75) is 26.4 Å². The van der Waals surface area contributed by atoms with Gasteiger partial charge in [0.15, 0.2) is 0 Å². The monoisotopic (exact) mass is 353 g/mol. The second-order valence-electron chi connectivity index (χ2n) is 4.88. The lowest BCUT2D eigenvalue weighted by Gasteiger charge is -2.08. The minimum atomic E-state index is -0.900. The summed E-state index contributed by atoms with van der Waals surface area (Å²) < 4.78 is 20.8. The Bertz CT molecular complexity index is 813. The lowest BCUT2D eigenvalue weighted by atomic mass is 10.3. The molecule has 1 amide bonds. The van der Waals surface area contributed by atoms with Crippen LogP contribution in [0.2, 0.25) is 0 Å². The van der Waals surface area contributed by atoms with Gasteiger partial charge >= 0.3 is 11.6 Å². The smallest absolute Gasteiger partial charge is 0.350 e. The highest BCUT2D eigenvalue weighted by molar-refractivity contribution is 5.83. The molecule has 1 atom stereocenters. The third-order valence-corrected chi connectivity index (χ3v) is 3.33. The zero-order valence-electron chi connectivity index (χ0n) is 13.7. The van der Waals surface area contributed by atoms with Gasteiger partial charge < -0.3 is 4.74 Å². The van der Waals surface area contributed by atoms with Crippen LogP contribution >= 0.6 is 0 Å². The van der Waals surface area contributed by atoms with E-state index in [9.17, 15) is 19.3 Å². The standard InChI is InChI=1S/C13H16FN7O4/c1-4-19-11(14)9(6-16-19)5-15-17-12(22)8(2)20-7-10(21(23)24)13(18-20)25-3/h5-8H,4H2,1-3H3,(H,17,22)/b15-5-/t8-/m1/s1. The average molecular weight is 353 g/mol. The van der Waals surface area contributed by atoms with Crippen LogP contribution in [0.15, 0.2) is 17.5 Å². The van der Waals surface area contributed by atoms with Crippen molar-refractivity contribution in [3.05, 3.63) is 34.0 Å². The highest BCUT2D eigenvalue weighted by Crippen LogP contribution is 2.25. The molecule has 134 valence electrons. The number of hydrazone groups is 1. The fraction of sp³-hybridized carbons (Fsp3) is 0.385. The van der Waals surface area contributed by atoms with Gasteiger partial charge in [-0.1, -0.05) is 0 Å². The Morgan fingerprint density at radius 1 is 1.64 bits per heavy atom. The van der Waals surface area contributed by atoms with Crippen LogP contribution in [0.1, 0.15) is 25.5 Å². The first-order valence-electron chi connectivity index (χ1n) is 7.20. The molecule has 0 aromatic carbocycles. The van der Waals surface area contributed by atoms with Crippen LogP contribution in [-0.4, -0.2) is 43.7 Å². The molecule has 0 aliphatic carbocycles. The van der Waals surface area contributed by atoms with Gasteiger partial charge in [0.05, 0.1) is 30.0 Å². The Hall–Kier alpha value is -3.31. The van der Waals surface area contributed by atoms with Crippen LogP contribution in [0.25, 0.3) is 0 Å². The van der Waals surface area contributed by atoms with Gasteiger partial charge in [0.25, 0.3) is 5.91 Å². The van der Waals surface area contributed by atoms with Gasteiger partial charge in [-0.2, -0.15) is 14.6 Å². The maximum Gasteiger partial charge on any atom is 0.350 e. The molecular formula is C13H16FN7O4. The second-order valence-corrected chi connectivity index (χ2v) is 4.88. The Morgan fingerprint density at radius 2 is 2.36 bits per heavy atom. The van der Waals surface area contributed by atoms with E-state index in [1.807, 2.05) is 0 Å². The van der Waals surface area contributed by atoms with Crippen LogP contribution < -0.4 is 10.2 Å². The molecule has 2 rings (SSSR count). The lowest BCUT2D eigenvalue weighted by Crippen LogP contribution is -2.27. The lowest BCUT2D eigenvalue weighted by molar-refractivity contribution is -0.385. The molecule has 0 saturated heterocycles. The first kappa shape index (κ1) is 18.0. The number of aryl methyl sites for hydroxylation is 1. The van der Waals surface area contributed by atoms with E-state index in [4.69, 9.17) is 4.74 Å². The van der Waals surface area contributed by atoms with Gasteiger partial charge in [-0.3, -0.25) is 14.9 Å². The van der Waals surface area contributed by atoms with Crippen molar-refractivity contribution in [2.75, 3.05) is 7.11 Å². The number of methoxy groups -OCH3 is 1. The van der Waals surface area contributed by atoms with Crippen molar-refractivity contribution in [1.82, 2.24) is 25.0 Å². The number of nitro groups is 1. The zero-order valence-corrected chi connectivity index (χ0v) is 13.7. The summed E-state index contributed by atoms with van der Waals surface area (Å²) in [5.74, 6) is -1.37. The summed E-state index contributed by atoms with van der Waals surface area (Å²) in [4.78, 5) is 22.3. The van der Waals surface area contributed by atoms with E-state index < -0.39 is 22.8 Å². The molecule has 0 spiro atoms. The molecule has 11 nitrogen and oxygen atoms in total. The van der Waals surface area contributed by atoms with Crippen LogP contribution in [-0.2, 0) is 11.3 Å². The molecule has 0 aliphatic rings. The summed E-state index contributed by atoms with van der Waals surface area (Å²) in [6.45, 7) is 3.57. The van der Waals surface area contributed by atoms with E-state index in [0.29, 0.717) is 6.54 Å². The van der Waals surface area contributed by atoms with Crippen molar-refractivity contribution in [3.63, 3.8) is 0 Å². The number of hydrogen-bond donors (Lipinski definition) is 1. The third-order valence-electron chi connectivity index (χ3n) is 3.33. The van der Waals surface area contributed by atoms with Gasteiger partial charge in [0, 0.05) is 6.54 Å². The summed E-state index contributed by atoms with van der Waals surface area (Å²) >= 11 is 0. The minimum absolute atomic E-state index is 0.117. The van der Waals surface area contributed by atoms with Crippen LogP contribution in [0.3, 0.4) is 0 Å². The van der Waals surface area contributed by atoms with Gasteiger partial charge in [-0.05, 0) is 13.8 Å². The fourth-order valence-electron chi connectivity index (χ4n) is 1.91. The molecule has 25 heavy (non-hydrogen) atoms. The highest BCUT2D eigenvalue weighted by Gasteiger charge is 2.25. The van der Waals surface area contributed by atoms with Crippen molar-refractivity contribution >= 4 is 17.8 Å². The van der Waals surface area contributed by atoms with E-state index in [-0.39, 0.29) is 17.1 Å². The molecule has 2 aromatic heterocycles. The van der Waals surface area contributed by atoms with E-state index in [0.717, 1.165) is 21.8 Å². The summed E-state index contributed by atoms with van der Waals surface area (Å²) in [6, 6.07) is -0.900. The number of aromatic nitrogens is 4. The Morgan fingerprint density at radius 3 is 2.88 bits per heavy atom. The SMILES string of the molecule is CCn1ncc(/C=N\NC(=O)[C@@H](C)n2cc([N+](=O)[O-])c(OC)n2)c1F. The normalized spacial score (nSPS) is 12.3. The quantitative estimate of drug-likeness (QED) is 0.446. The first-order valence-corrected chi connectivity index (χ1v) is 7.20. The van der Waals surface area contributed by atoms with Crippen LogP contribution in [0, 0.1) is 16.1 Å².